The van der Waals surface area contributed by atoms with Gasteiger partial charge in [0.25, 0.3) is 0 Å². The molecule has 4 aromatic rings. The number of likely N-dealkylation sites (tertiary alicyclic amines) is 1. The van der Waals surface area contributed by atoms with Gasteiger partial charge in [-0.2, -0.15) is 0 Å². The molecule has 0 aliphatic carbocycles. The van der Waals surface area contributed by atoms with Crippen LogP contribution < -0.4 is 10.6 Å². The second-order valence-electron chi connectivity index (χ2n) is 10.5. The molecule has 0 spiro atoms. The monoisotopic (exact) mass is 591 g/mol. The molecule has 2 unspecified atom stereocenters. The van der Waals surface area contributed by atoms with Gasteiger partial charge >= 0.3 is 0 Å². The summed E-state index contributed by atoms with van der Waals surface area (Å²) in [5, 5.41) is 9.60. The molecule has 1 amide bonds. The first-order valence-electron chi connectivity index (χ1n) is 13.7. The summed E-state index contributed by atoms with van der Waals surface area (Å²) in [6.45, 7) is 1.61. The Morgan fingerprint density at radius 3 is 2.23 bits per heavy atom. The Balaban J connectivity index is 1.08. The Bertz CT molecular complexity index is 1430. The molecule has 0 radical (unpaired) electrons. The average molecular weight is 593 g/mol. The van der Waals surface area contributed by atoms with E-state index in [1.165, 1.54) is 17.5 Å². The smallest absolute Gasteiger partial charge is 0.241 e. The zero-order chi connectivity index (χ0) is 27.5. The first kappa shape index (κ1) is 27.3. The van der Waals surface area contributed by atoms with Crippen molar-refractivity contribution in [2.24, 2.45) is 0 Å². The number of halogens is 2. The van der Waals surface area contributed by atoms with Crippen molar-refractivity contribution >= 4 is 57.6 Å². The summed E-state index contributed by atoms with van der Waals surface area (Å²) < 4.78 is 0. The molecule has 9 heteroatoms. The van der Waals surface area contributed by atoms with Crippen LogP contribution in [-0.4, -0.2) is 52.5 Å². The molecule has 3 aromatic carbocycles. The molecule has 2 aliphatic heterocycles. The number of hydrogen-bond donors (Lipinski definition) is 2. The molecule has 1 aromatic heterocycles. The minimum Gasteiger partial charge on any atom is -0.360 e. The standard InChI is InChI=1S/C31H31Cl2N5OS/c32-25-15-24-27(16-26(25)33)35-19-36-31(24)34-17-30(39)38-12-11-22(18-38)37-23-13-28(20-7-3-1-4-8-20)40-29(14-23)21-9-5-2-6-10-21/h1-10,15-16,19,22-23,28-29,37H,11-14,17-18H2,(H,34,35,36)/t22-,23?,28-,29?/m1/s1. The van der Waals surface area contributed by atoms with Crippen molar-refractivity contribution in [1.82, 2.24) is 20.2 Å². The quantitative estimate of drug-likeness (QED) is 0.243. The summed E-state index contributed by atoms with van der Waals surface area (Å²) >= 11 is 14.4. The number of rotatable bonds is 7. The first-order valence-corrected chi connectivity index (χ1v) is 15.4. The van der Waals surface area contributed by atoms with E-state index in [2.05, 4.69) is 93.0 Å². The van der Waals surface area contributed by atoms with Gasteiger partial charge in [-0.15, -0.1) is 11.8 Å². The highest BCUT2D eigenvalue weighted by molar-refractivity contribution is 7.99. The summed E-state index contributed by atoms with van der Waals surface area (Å²) in [5.74, 6) is 0.629. The number of hydrogen-bond acceptors (Lipinski definition) is 6. The molecule has 0 bridgehead atoms. The number of fused-ring (bicyclic) bond motifs is 1. The van der Waals surface area contributed by atoms with Crippen LogP contribution in [0.3, 0.4) is 0 Å². The predicted octanol–water partition coefficient (Wildman–Crippen LogP) is 6.92. The number of anilines is 1. The van der Waals surface area contributed by atoms with Crippen LogP contribution in [0.25, 0.3) is 10.9 Å². The highest BCUT2D eigenvalue weighted by atomic mass is 35.5. The van der Waals surface area contributed by atoms with Crippen molar-refractivity contribution in [2.75, 3.05) is 25.0 Å². The van der Waals surface area contributed by atoms with Crippen LogP contribution >= 0.6 is 35.0 Å². The lowest BCUT2D eigenvalue weighted by Crippen LogP contribution is -2.44. The van der Waals surface area contributed by atoms with Gasteiger partial charge in [-0.25, -0.2) is 9.97 Å². The molecule has 6 nitrogen and oxygen atoms in total. The minimum atomic E-state index is 0.0552. The first-order chi connectivity index (χ1) is 19.5. The van der Waals surface area contributed by atoms with Crippen LogP contribution in [0, 0.1) is 0 Å². The zero-order valence-electron chi connectivity index (χ0n) is 22.0. The fraction of sp³-hybridized carbons (Fsp3) is 0.323. The van der Waals surface area contributed by atoms with Crippen LogP contribution in [0.4, 0.5) is 5.82 Å². The van der Waals surface area contributed by atoms with E-state index in [1.54, 1.807) is 12.1 Å². The number of thioether (sulfide) groups is 1. The SMILES string of the molecule is O=C(CNc1ncnc2cc(Cl)c(Cl)cc12)N1CC[C@@H](NC2CC(c3ccccc3)S[C@@H](c3ccccc3)C2)C1. The molecule has 2 N–H and O–H groups in total. The number of carbonyl (C=O) groups is 1. The highest BCUT2D eigenvalue weighted by Gasteiger charge is 2.34. The van der Waals surface area contributed by atoms with E-state index in [4.69, 9.17) is 23.2 Å². The van der Waals surface area contributed by atoms with Gasteiger partial charge in [-0.1, -0.05) is 83.9 Å². The number of nitrogens with zero attached hydrogens (tertiary/aromatic N) is 3. The second-order valence-corrected chi connectivity index (χ2v) is 12.7. The molecule has 6 rings (SSSR count). The Morgan fingerprint density at radius 2 is 1.55 bits per heavy atom. The Labute approximate surface area is 248 Å². The number of amides is 1. The number of benzene rings is 3. The lowest BCUT2D eigenvalue weighted by Gasteiger charge is -2.37. The molecule has 4 atom stereocenters. The number of aromatic nitrogens is 2. The summed E-state index contributed by atoms with van der Waals surface area (Å²) in [6, 6.07) is 25.8. The topological polar surface area (TPSA) is 70.2 Å². The number of nitrogens with one attached hydrogen (secondary N) is 2. The van der Waals surface area contributed by atoms with E-state index in [1.807, 2.05) is 4.90 Å². The van der Waals surface area contributed by atoms with Gasteiger partial charge in [-0.3, -0.25) is 4.79 Å². The molecule has 0 saturated carbocycles. The van der Waals surface area contributed by atoms with Crippen molar-refractivity contribution in [3.05, 3.63) is 100 Å². The zero-order valence-corrected chi connectivity index (χ0v) is 24.3. The average Bonchev–Trinajstić information content (AvgIpc) is 3.46. The molecule has 206 valence electrons. The van der Waals surface area contributed by atoms with E-state index in [9.17, 15) is 4.79 Å². The maximum Gasteiger partial charge on any atom is 0.241 e. The fourth-order valence-corrected chi connectivity index (χ4v) is 7.78. The van der Waals surface area contributed by atoms with Crippen molar-refractivity contribution in [3.8, 4) is 0 Å². The molecule has 2 saturated heterocycles. The normalized spacial score (nSPS) is 22.9. The van der Waals surface area contributed by atoms with Crippen LogP contribution in [-0.2, 0) is 4.79 Å². The van der Waals surface area contributed by atoms with Crippen LogP contribution in [0.5, 0.6) is 0 Å². The predicted molar refractivity (Wildman–Crippen MR) is 165 cm³/mol. The Morgan fingerprint density at radius 1 is 0.900 bits per heavy atom. The lowest BCUT2D eigenvalue weighted by atomic mass is 9.96. The van der Waals surface area contributed by atoms with E-state index < -0.39 is 0 Å². The second kappa shape index (κ2) is 12.4. The van der Waals surface area contributed by atoms with Crippen LogP contribution in [0.15, 0.2) is 79.1 Å². The third-order valence-electron chi connectivity index (χ3n) is 7.77. The molecule has 2 fully saturated rings. The van der Waals surface area contributed by atoms with Gasteiger partial charge < -0.3 is 15.5 Å². The van der Waals surface area contributed by atoms with Gasteiger partial charge in [0.15, 0.2) is 0 Å². The van der Waals surface area contributed by atoms with E-state index >= 15 is 0 Å². The van der Waals surface area contributed by atoms with Crippen molar-refractivity contribution in [2.45, 2.75) is 41.8 Å². The third kappa shape index (κ3) is 6.23. The molecule has 2 aliphatic rings. The van der Waals surface area contributed by atoms with E-state index in [-0.39, 0.29) is 18.5 Å². The molecule has 40 heavy (non-hydrogen) atoms. The summed E-state index contributed by atoms with van der Waals surface area (Å²) in [4.78, 5) is 23.7. The Hall–Kier alpha value is -2.84. The van der Waals surface area contributed by atoms with Crippen molar-refractivity contribution in [3.63, 3.8) is 0 Å². The lowest BCUT2D eigenvalue weighted by molar-refractivity contribution is -0.128. The molecular formula is C31H31Cl2N5OS. The van der Waals surface area contributed by atoms with Gasteiger partial charge in [0, 0.05) is 41.1 Å². The minimum absolute atomic E-state index is 0.0552. The van der Waals surface area contributed by atoms with Crippen molar-refractivity contribution in [1.29, 1.82) is 0 Å². The fourth-order valence-electron chi connectivity index (χ4n) is 5.74. The maximum absolute atomic E-state index is 13.1. The van der Waals surface area contributed by atoms with Gasteiger partial charge in [0.1, 0.15) is 12.1 Å². The largest absolute Gasteiger partial charge is 0.360 e. The van der Waals surface area contributed by atoms with Crippen molar-refractivity contribution < 1.29 is 4.79 Å². The maximum atomic E-state index is 13.1. The molecular weight excluding hydrogens is 561 g/mol. The van der Waals surface area contributed by atoms with Gasteiger partial charge in [0.05, 0.1) is 22.1 Å². The third-order valence-corrected chi connectivity index (χ3v) is 10.1. The van der Waals surface area contributed by atoms with E-state index in [0.29, 0.717) is 44.5 Å². The highest BCUT2D eigenvalue weighted by Crippen LogP contribution is 2.50. The van der Waals surface area contributed by atoms with Crippen LogP contribution in [0.1, 0.15) is 40.9 Å². The van der Waals surface area contributed by atoms with Gasteiger partial charge in [-0.05, 0) is 42.5 Å². The summed E-state index contributed by atoms with van der Waals surface area (Å²) in [5.41, 5.74) is 3.45. The Kier molecular flexibility index (Phi) is 8.44. The van der Waals surface area contributed by atoms with E-state index in [0.717, 1.165) is 31.2 Å². The molecule has 3 heterocycles. The number of carbonyl (C=O) groups excluding carboxylic acids is 1. The summed E-state index contributed by atoms with van der Waals surface area (Å²) in [6.07, 6.45) is 4.57. The van der Waals surface area contributed by atoms with Crippen LogP contribution in [0.2, 0.25) is 10.0 Å². The van der Waals surface area contributed by atoms with Gasteiger partial charge in [0.2, 0.25) is 5.91 Å². The summed E-state index contributed by atoms with van der Waals surface area (Å²) in [7, 11) is 0.